The van der Waals surface area contributed by atoms with E-state index in [9.17, 15) is 0 Å². The molecule has 0 radical (unpaired) electrons. The molecular formula is C12H14ClN3O. The molecular weight excluding hydrogens is 238 g/mol. The molecule has 0 aliphatic carbocycles. The van der Waals surface area contributed by atoms with Gasteiger partial charge in [0.05, 0.1) is 5.54 Å². The van der Waals surface area contributed by atoms with Gasteiger partial charge in [0.1, 0.15) is 0 Å². The van der Waals surface area contributed by atoms with Gasteiger partial charge in [0, 0.05) is 23.1 Å². The van der Waals surface area contributed by atoms with Crippen molar-refractivity contribution in [2.75, 3.05) is 13.2 Å². The van der Waals surface area contributed by atoms with Crippen molar-refractivity contribution in [3.63, 3.8) is 0 Å². The summed E-state index contributed by atoms with van der Waals surface area (Å²) in [4.78, 5) is 3.01. The maximum atomic E-state index is 8.79. The first-order chi connectivity index (χ1) is 8.19. The molecule has 0 saturated carbocycles. The van der Waals surface area contributed by atoms with Crippen molar-refractivity contribution in [2.45, 2.75) is 25.3 Å². The SMILES string of the molecule is Cc1c(Cl)cccc1C1(N=[N+]=[N-])CCOCC1. The summed E-state index contributed by atoms with van der Waals surface area (Å²) in [7, 11) is 0. The average molecular weight is 252 g/mol. The Kier molecular flexibility index (Phi) is 3.57. The van der Waals surface area contributed by atoms with Gasteiger partial charge >= 0.3 is 0 Å². The molecule has 0 aromatic heterocycles. The van der Waals surface area contributed by atoms with Crippen LogP contribution in [0.15, 0.2) is 23.3 Å². The lowest BCUT2D eigenvalue weighted by molar-refractivity contribution is 0.0522. The highest BCUT2D eigenvalue weighted by atomic mass is 35.5. The quantitative estimate of drug-likeness (QED) is 0.446. The van der Waals surface area contributed by atoms with Crippen LogP contribution in [0, 0.1) is 6.92 Å². The van der Waals surface area contributed by atoms with Gasteiger partial charge in [0.15, 0.2) is 0 Å². The second-order valence-electron chi connectivity index (χ2n) is 4.25. The van der Waals surface area contributed by atoms with Crippen LogP contribution in [0.5, 0.6) is 0 Å². The molecule has 0 bridgehead atoms. The summed E-state index contributed by atoms with van der Waals surface area (Å²) in [5.74, 6) is 0. The normalized spacial score (nSPS) is 18.5. The van der Waals surface area contributed by atoms with Crippen molar-refractivity contribution in [2.24, 2.45) is 5.11 Å². The summed E-state index contributed by atoms with van der Waals surface area (Å²) in [6.07, 6.45) is 1.41. The number of benzene rings is 1. The minimum Gasteiger partial charge on any atom is -0.381 e. The molecule has 0 unspecified atom stereocenters. The molecule has 4 nitrogen and oxygen atoms in total. The highest BCUT2D eigenvalue weighted by Crippen LogP contribution is 2.39. The van der Waals surface area contributed by atoms with E-state index in [0.717, 1.165) is 11.1 Å². The molecule has 90 valence electrons. The molecule has 1 aliphatic heterocycles. The molecule has 1 saturated heterocycles. The van der Waals surface area contributed by atoms with Crippen LogP contribution in [-0.2, 0) is 10.3 Å². The molecule has 1 aliphatic rings. The van der Waals surface area contributed by atoms with E-state index in [2.05, 4.69) is 10.0 Å². The van der Waals surface area contributed by atoms with E-state index in [0.29, 0.717) is 31.1 Å². The zero-order chi connectivity index (χ0) is 12.3. The largest absolute Gasteiger partial charge is 0.381 e. The minimum absolute atomic E-state index is 0.498. The van der Waals surface area contributed by atoms with Gasteiger partial charge in [-0.1, -0.05) is 28.8 Å². The Labute approximate surface area is 105 Å². The topological polar surface area (TPSA) is 58.0 Å². The second kappa shape index (κ2) is 4.96. The molecule has 1 fully saturated rings. The number of hydrogen-bond donors (Lipinski definition) is 0. The zero-order valence-corrected chi connectivity index (χ0v) is 10.4. The number of rotatable bonds is 2. The Balaban J connectivity index is 2.52. The number of hydrogen-bond acceptors (Lipinski definition) is 2. The van der Waals surface area contributed by atoms with Gasteiger partial charge in [0.2, 0.25) is 0 Å². The van der Waals surface area contributed by atoms with Gasteiger partial charge < -0.3 is 4.74 Å². The van der Waals surface area contributed by atoms with Gasteiger partial charge in [-0.05, 0) is 42.5 Å². The molecule has 0 spiro atoms. The van der Waals surface area contributed by atoms with Crippen molar-refractivity contribution < 1.29 is 4.74 Å². The minimum atomic E-state index is -0.498. The maximum absolute atomic E-state index is 8.79. The van der Waals surface area contributed by atoms with Crippen LogP contribution in [0.25, 0.3) is 10.4 Å². The van der Waals surface area contributed by atoms with Crippen molar-refractivity contribution >= 4 is 11.6 Å². The third-order valence-corrected chi connectivity index (χ3v) is 3.73. The molecule has 2 rings (SSSR count). The Bertz CT molecular complexity index is 463. The highest BCUT2D eigenvalue weighted by Gasteiger charge is 2.35. The second-order valence-corrected chi connectivity index (χ2v) is 4.65. The van der Waals surface area contributed by atoms with Crippen molar-refractivity contribution in [3.8, 4) is 0 Å². The predicted molar refractivity (Wildman–Crippen MR) is 67.1 cm³/mol. The number of azide groups is 1. The van der Waals surface area contributed by atoms with Crippen LogP contribution in [0.2, 0.25) is 5.02 Å². The predicted octanol–water partition coefficient (Wildman–Crippen LogP) is 3.96. The first kappa shape index (κ1) is 12.2. The lowest BCUT2D eigenvalue weighted by Gasteiger charge is -2.34. The van der Waals surface area contributed by atoms with Crippen LogP contribution in [0.1, 0.15) is 24.0 Å². The van der Waals surface area contributed by atoms with Crippen molar-refractivity contribution in [1.82, 2.24) is 0 Å². The fourth-order valence-corrected chi connectivity index (χ4v) is 2.50. The third-order valence-electron chi connectivity index (χ3n) is 3.33. The summed E-state index contributed by atoms with van der Waals surface area (Å²) in [5.41, 5.74) is 10.3. The van der Waals surface area contributed by atoms with E-state index in [1.807, 2.05) is 25.1 Å². The van der Waals surface area contributed by atoms with Crippen LogP contribution in [0.4, 0.5) is 0 Å². The number of halogens is 1. The Hall–Kier alpha value is -1.22. The summed E-state index contributed by atoms with van der Waals surface area (Å²) < 4.78 is 5.35. The first-order valence-corrected chi connectivity index (χ1v) is 5.97. The fraction of sp³-hybridized carbons (Fsp3) is 0.500. The van der Waals surface area contributed by atoms with Gasteiger partial charge in [-0.3, -0.25) is 0 Å². The molecule has 0 N–H and O–H groups in total. The van der Waals surface area contributed by atoms with Crippen LogP contribution in [-0.4, -0.2) is 13.2 Å². The van der Waals surface area contributed by atoms with Gasteiger partial charge in [-0.2, -0.15) is 0 Å². The summed E-state index contributed by atoms with van der Waals surface area (Å²) in [6, 6.07) is 5.74. The zero-order valence-electron chi connectivity index (χ0n) is 9.69. The molecule has 0 amide bonds. The van der Waals surface area contributed by atoms with Crippen LogP contribution < -0.4 is 0 Å². The average Bonchev–Trinajstić information content (AvgIpc) is 2.34. The number of ether oxygens (including phenoxy) is 1. The van der Waals surface area contributed by atoms with Gasteiger partial charge in [-0.25, -0.2) is 0 Å². The monoisotopic (exact) mass is 251 g/mol. The fourth-order valence-electron chi connectivity index (χ4n) is 2.33. The Morgan fingerprint density at radius 2 is 2.12 bits per heavy atom. The molecule has 0 atom stereocenters. The van der Waals surface area contributed by atoms with E-state index in [-0.39, 0.29) is 0 Å². The lowest BCUT2D eigenvalue weighted by atomic mass is 9.81. The van der Waals surface area contributed by atoms with E-state index in [4.69, 9.17) is 21.9 Å². The van der Waals surface area contributed by atoms with E-state index in [1.165, 1.54) is 0 Å². The Morgan fingerprint density at radius 1 is 1.41 bits per heavy atom. The molecule has 1 aromatic rings. The third kappa shape index (κ3) is 2.25. The molecule has 1 heterocycles. The van der Waals surface area contributed by atoms with Crippen molar-refractivity contribution in [1.29, 1.82) is 0 Å². The van der Waals surface area contributed by atoms with Crippen LogP contribution in [0.3, 0.4) is 0 Å². The highest BCUT2D eigenvalue weighted by molar-refractivity contribution is 6.31. The maximum Gasteiger partial charge on any atom is 0.0784 e. The molecule has 1 aromatic carbocycles. The van der Waals surface area contributed by atoms with Gasteiger partial charge in [-0.15, -0.1) is 0 Å². The first-order valence-electron chi connectivity index (χ1n) is 5.59. The van der Waals surface area contributed by atoms with Gasteiger partial charge in [0.25, 0.3) is 0 Å². The molecule has 5 heteroatoms. The molecule has 17 heavy (non-hydrogen) atoms. The van der Waals surface area contributed by atoms with E-state index >= 15 is 0 Å². The number of nitrogens with zero attached hydrogens (tertiary/aromatic N) is 3. The summed E-state index contributed by atoms with van der Waals surface area (Å²) in [6.45, 7) is 3.19. The summed E-state index contributed by atoms with van der Waals surface area (Å²) in [5, 5.41) is 4.74. The van der Waals surface area contributed by atoms with E-state index in [1.54, 1.807) is 0 Å². The van der Waals surface area contributed by atoms with E-state index < -0.39 is 5.54 Å². The standard InChI is InChI=1S/C12H14ClN3O/c1-9-10(3-2-4-11(9)13)12(15-16-14)5-7-17-8-6-12/h2-4H,5-8H2,1H3. The van der Waals surface area contributed by atoms with Crippen molar-refractivity contribution in [3.05, 3.63) is 44.8 Å². The van der Waals surface area contributed by atoms with Crippen LogP contribution >= 0.6 is 11.6 Å². The Morgan fingerprint density at radius 3 is 2.76 bits per heavy atom. The summed E-state index contributed by atoms with van der Waals surface area (Å²) >= 11 is 6.13. The lowest BCUT2D eigenvalue weighted by Crippen LogP contribution is -2.32. The smallest absolute Gasteiger partial charge is 0.0784 e.